The maximum atomic E-state index is 5.98. The third-order valence-corrected chi connectivity index (χ3v) is 3.13. The summed E-state index contributed by atoms with van der Waals surface area (Å²) in [7, 11) is 0. The predicted molar refractivity (Wildman–Crippen MR) is 60.3 cm³/mol. The van der Waals surface area contributed by atoms with Gasteiger partial charge in [-0.25, -0.2) is 0 Å². The molecule has 1 aromatic carbocycles. The van der Waals surface area contributed by atoms with Gasteiger partial charge in [-0.2, -0.15) is 0 Å². The van der Waals surface area contributed by atoms with Crippen molar-refractivity contribution in [1.29, 1.82) is 0 Å². The Morgan fingerprint density at radius 3 is 2.08 bits per heavy atom. The smallest absolute Gasteiger partial charge is 0.0966 e. The molecule has 72 valence electrons. The number of aryl methyl sites for hydroxylation is 1. The lowest BCUT2D eigenvalue weighted by Crippen LogP contribution is -2.05. The Morgan fingerprint density at radius 1 is 1.08 bits per heavy atom. The molecular formula is C9H8Cl4. The Balaban J connectivity index is 3.35. The summed E-state index contributed by atoms with van der Waals surface area (Å²) in [6, 6.07) is 3.62. The maximum absolute atomic E-state index is 5.98. The van der Waals surface area contributed by atoms with E-state index in [0.717, 1.165) is 5.56 Å². The lowest BCUT2D eigenvalue weighted by atomic mass is 10.1. The van der Waals surface area contributed by atoms with Crippen LogP contribution in [0, 0.1) is 6.92 Å². The molecule has 0 N–H and O–H groups in total. The molecule has 4 heteroatoms. The molecule has 0 radical (unpaired) electrons. The van der Waals surface area contributed by atoms with Gasteiger partial charge in [-0.3, -0.25) is 0 Å². The summed E-state index contributed by atoms with van der Waals surface area (Å²) >= 11 is 23.7. The van der Waals surface area contributed by atoms with Crippen molar-refractivity contribution >= 4 is 46.4 Å². The van der Waals surface area contributed by atoms with Crippen LogP contribution in [-0.2, 0) is 4.33 Å². The molecule has 0 bridgehead atoms. The third kappa shape index (κ3) is 2.44. The Morgan fingerprint density at radius 2 is 1.62 bits per heavy atom. The molecule has 0 aliphatic carbocycles. The average molecular weight is 258 g/mol. The minimum atomic E-state index is -1.01. The number of halogens is 4. The van der Waals surface area contributed by atoms with Crippen LogP contribution in [0.3, 0.4) is 0 Å². The highest BCUT2D eigenvalue weighted by molar-refractivity contribution is 6.50. The minimum absolute atomic E-state index is 0.425. The molecule has 0 aromatic heterocycles. The van der Waals surface area contributed by atoms with E-state index in [1.165, 1.54) is 0 Å². The third-order valence-electron chi connectivity index (χ3n) is 1.75. The Kier molecular flexibility index (Phi) is 3.40. The van der Waals surface area contributed by atoms with Crippen molar-refractivity contribution in [3.8, 4) is 0 Å². The van der Waals surface area contributed by atoms with Gasteiger partial charge >= 0.3 is 0 Å². The second-order valence-corrected chi connectivity index (χ2v) is 5.41. The molecule has 0 aliphatic rings. The van der Waals surface area contributed by atoms with Crippen LogP contribution in [0.2, 0.25) is 10.0 Å². The van der Waals surface area contributed by atoms with Gasteiger partial charge in [0, 0.05) is 5.56 Å². The molecule has 0 saturated heterocycles. The lowest BCUT2D eigenvalue weighted by molar-refractivity contribution is 0.976. The summed E-state index contributed by atoms with van der Waals surface area (Å²) in [5.41, 5.74) is 1.54. The van der Waals surface area contributed by atoms with Crippen molar-refractivity contribution < 1.29 is 0 Å². The van der Waals surface area contributed by atoms with Gasteiger partial charge in [0.15, 0.2) is 0 Å². The molecule has 13 heavy (non-hydrogen) atoms. The van der Waals surface area contributed by atoms with Crippen molar-refractivity contribution in [3.05, 3.63) is 33.3 Å². The fraction of sp³-hybridized carbons (Fsp3) is 0.333. The molecule has 0 spiro atoms. The summed E-state index contributed by atoms with van der Waals surface area (Å²) in [5, 5.41) is 0.931. The van der Waals surface area contributed by atoms with E-state index in [1.54, 1.807) is 13.0 Å². The molecular weight excluding hydrogens is 250 g/mol. The second-order valence-electron chi connectivity index (χ2n) is 2.95. The lowest BCUT2D eigenvalue weighted by Gasteiger charge is -2.16. The first-order valence-corrected chi connectivity index (χ1v) is 5.18. The van der Waals surface area contributed by atoms with Gasteiger partial charge in [-0.15, -0.1) is 0 Å². The van der Waals surface area contributed by atoms with E-state index in [-0.39, 0.29) is 0 Å². The number of benzene rings is 1. The summed E-state index contributed by atoms with van der Waals surface area (Å²) < 4.78 is -1.01. The number of hydrogen-bond donors (Lipinski definition) is 0. The molecule has 0 saturated carbocycles. The van der Waals surface area contributed by atoms with Crippen molar-refractivity contribution in [3.63, 3.8) is 0 Å². The van der Waals surface area contributed by atoms with Crippen molar-refractivity contribution in [2.45, 2.75) is 18.2 Å². The van der Waals surface area contributed by atoms with Crippen LogP contribution in [0.1, 0.15) is 18.1 Å². The molecule has 1 rings (SSSR count). The van der Waals surface area contributed by atoms with E-state index in [0.29, 0.717) is 15.6 Å². The average Bonchev–Trinajstić information content (AvgIpc) is 1.98. The Hall–Kier alpha value is 0.380. The highest BCUT2D eigenvalue weighted by atomic mass is 35.5. The normalized spacial score (nSPS) is 11.8. The maximum Gasteiger partial charge on any atom is 0.141 e. The standard InChI is InChI=1S/C9H8Cl4/c1-5-3-4-6(9(2,12)13)8(11)7(5)10/h3-4H,1-2H3. The van der Waals surface area contributed by atoms with Gasteiger partial charge in [-0.1, -0.05) is 58.5 Å². The zero-order valence-corrected chi connectivity index (χ0v) is 10.2. The quantitative estimate of drug-likeness (QED) is 0.625. The highest BCUT2D eigenvalue weighted by Crippen LogP contribution is 2.41. The summed E-state index contributed by atoms with van der Waals surface area (Å²) in [6.07, 6.45) is 0. The largest absolute Gasteiger partial charge is 0.141 e. The van der Waals surface area contributed by atoms with E-state index in [1.807, 2.05) is 13.0 Å². The summed E-state index contributed by atoms with van der Waals surface area (Å²) in [5.74, 6) is 0. The van der Waals surface area contributed by atoms with Gasteiger partial charge in [0.05, 0.1) is 10.0 Å². The van der Waals surface area contributed by atoms with Crippen molar-refractivity contribution in [2.75, 3.05) is 0 Å². The molecule has 0 unspecified atom stereocenters. The zero-order valence-electron chi connectivity index (χ0n) is 7.17. The van der Waals surface area contributed by atoms with E-state index >= 15 is 0 Å². The van der Waals surface area contributed by atoms with Crippen molar-refractivity contribution in [1.82, 2.24) is 0 Å². The van der Waals surface area contributed by atoms with Gasteiger partial charge in [0.25, 0.3) is 0 Å². The Bertz CT molecular complexity index is 325. The molecule has 0 aliphatic heterocycles. The molecule has 0 nitrogen and oxygen atoms in total. The first kappa shape index (κ1) is 11.5. The van der Waals surface area contributed by atoms with E-state index in [2.05, 4.69) is 0 Å². The summed E-state index contributed by atoms with van der Waals surface area (Å²) in [6.45, 7) is 3.53. The topological polar surface area (TPSA) is 0 Å². The molecule has 0 heterocycles. The summed E-state index contributed by atoms with van der Waals surface area (Å²) in [4.78, 5) is 0. The first-order valence-electron chi connectivity index (χ1n) is 3.67. The first-order chi connectivity index (χ1) is 5.84. The molecule has 0 amide bonds. The van der Waals surface area contributed by atoms with Crippen LogP contribution in [0.25, 0.3) is 0 Å². The van der Waals surface area contributed by atoms with E-state index in [4.69, 9.17) is 46.4 Å². The number of hydrogen-bond acceptors (Lipinski definition) is 0. The minimum Gasteiger partial charge on any atom is -0.0966 e. The van der Waals surface area contributed by atoms with Crippen LogP contribution in [0.15, 0.2) is 12.1 Å². The van der Waals surface area contributed by atoms with Gasteiger partial charge in [0.2, 0.25) is 0 Å². The fourth-order valence-corrected chi connectivity index (χ4v) is 1.96. The van der Waals surface area contributed by atoms with Crippen LogP contribution in [0.4, 0.5) is 0 Å². The van der Waals surface area contributed by atoms with Crippen molar-refractivity contribution in [2.24, 2.45) is 0 Å². The number of alkyl halides is 2. The molecule has 0 atom stereocenters. The van der Waals surface area contributed by atoms with Crippen LogP contribution in [-0.4, -0.2) is 0 Å². The highest BCUT2D eigenvalue weighted by Gasteiger charge is 2.24. The van der Waals surface area contributed by atoms with E-state index < -0.39 is 4.33 Å². The van der Waals surface area contributed by atoms with Gasteiger partial charge in [-0.05, 0) is 19.4 Å². The SMILES string of the molecule is Cc1ccc(C(C)(Cl)Cl)c(Cl)c1Cl. The van der Waals surface area contributed by atoms with Crippen LogP contribution < -0.4 is 0 Å². The monoisotopic (exact) mass is 256 g/mol. The second kappa shape index (κ2) is 3.86. The van der Waals surface area contributed by atoms with Gasteiger partial charge in [0.1, 0.15) is 4.33 Å². The predicted octanol–water partition coefficient (Wildman–Crippen LogP) is 4.95. The van der Waals surface area contributed by atoms with E-state index in [9.17, 15) is 0 Å². The Labute approximate surface area is 97.7 Å². The van der Waals surface area contributed by atoms with Gasteiger partial charge < -0.3 is 0 Å². The fourth-order valence-electron chi connectivity index (χ4n) is 0.985. The molecule has 0 fully saturated rings. The van der Waals surface area contributed by atoms with Crippen LogP contribution >= 0.6 is 46.4 Å². The van der Waals surface area contributed by atoms with Crippen LogP contribution in [0.5, 0.6) is 0 Å². The molecule has 1 aromatic rings. The zero-order chi connectivity index (χ0) is 10.2. The number of rotatable bonds is 1.